The summed E-state index contributed by atoms with van der Waals surface area (Å²) < 4.78 is 39.8. The first-order chi connectivity index (χ1) is 9.44. The van der Waals surface area contributed by atoms with E-state index in [4.69, 9.17) is 5.73 Å². The van der Waals surface area contributed by atoms with E-state index in [1.54, 1.807) is 0 Å². The minimum Gasteiger partial charge on any atom is -0.396 e. The Hall–Kier alpha value is -1.18. The van der Waals surface area contributed by atoms with Gasteiger partial charge < -0.3 is 10.8 Å². The molecule has 0 heterocycles. The molecule has 4 N–H and O–H groups in total. The van der Waals surface area contributed by atoms with Crippen molar-refractivity contribution in [1.29, 1.82) is 0 Å². The Morgan fingerprint density at radius 1 is 1.35 bits per heavy atom. The molecule has 1 saturated carbocycles. The fourth-order valence-corrected chi connectivity index (χ4v) is 3.74. The number of benzene rings is 1. The summed E-state index contributed by atoms with van der Waals surface area (Å²) in [5, 5.41) is 9.21. The summed E-state index contributed by atoms with van der Waals surface area (Å²) in [5.41, 5.74) is 5.19. The van der Waals surface area contributed by atoms with Gasteiger partial charge in [-0.1, -0.05) is 6.42 Å². The van der Waals surface area contributed by atoms with E-state index in [-0.39, 0.29) is 35.6 Å². The van der Waals surface area contributed by atoms with Crippen LogP contribution in [0.4, 0.5) is 10.1 Å². The first kappa shape index (κ1) is 15.2. The minimum atomic E-state index is -3.70. The van der Waals surface area contributed by atoms with Crippen molar-refractivity contribution >= 4 is 15.7 Å². The molecule has 1 fully saturated rings. The Labute approximate surface area is 118 Å². The lowest BCUT2D eigenvalue weighted by atomic mass is 9.97. The first-order valence-electron chi connectivity index (χ1n) is 6.59. The number of nitrogen functional groups attached to an aromatic ring is 1. The Balaban J connectivity index is 2.05. The number of nitrogens with two attached hydrogens (primary N) is 1. The standard InChI is InChI=1S/C13H19FN2O3S/c14-12-5-4-11(6-13(12)15)20(18,19)16-7-9-2-1-3-10(9)8-17/h4-6,9-10,16-17H,1-3,7-8,15H2. The number of nitrogens with one attached hydrogen (secondary N) is 1. The maximum atomic E-state index is 13.0. The number of aliphatic hydroxyl groups excluding tert-OH is 1. The van der Waals surface area contributed by atoms with Gasteiger partial charge in [0.05, 0.1) is 10.6 Å². The lowest BCUT2D eigenvalue weighted by molar-refractivity contribution is 0.195. The van der Waals surface area contributed by atoms with Gasteiger partial charge in [-0.2, -0.15) is 0 Å². The predicted octanol–water partition coefficient (Wildman–Crippen LogP) is 1.09. The van der Waals surface area contributed by atoms with Crippen LogP contribution < -0.4 is 10.5 Å². The molecule has 0 aromatic heterocycles. The van der Waals surface area contributed by atoms with E-state index >= 15 is 0 Å². The van der Waals surface area contributed by atoms with E-state index in [1.807, 2.05) is 0 Å². The Morgan fingerprint density at radius 2 is 2.05 bits per heavy atom. The van der Waals surface area contributed by atoms with Crippen LogP contribution in [-0.2, 0) is 10.0 Å². The smallest absolute Gasteiger partial charge is 0.240 e. The molecular formula is C13H19FN2O3S. The van der Waals surface area contributed by atoms with Crippen LogP contribution in [0.5, 0.6) is 0 Å². The molecule has 5 nitrogen and oxygen atoms in total. The molecule has 0 saturated heterocycles. The predicted molar refractivity (Wildman–Crippen MR) is 73.9 cm³/mol. The van der Waals surface area contributed by atoms with Gasteiger partial charge in [0.2, 0.25) is 10.0 Å². The molecule has 2 rings (SSSR count). The average molecular weight is 302 g/mol. The largest absolute Gasteiger partial charge is 0.396 e. The fourth-order valence-electron chi connectivity index (χ4n) is 2.61. The van der Waals surface area contributed by atoms with Crippen LogP contribution in [0.1, 0.15) is 19.3 Å². The average Bonchev–Trinajstić information content (AvgIpc) is 2.87. The van der Waals surface area contributed by atoms with E-state index in [9.17, 15) is 17.9 Å². The minimum absolute atomic E-state index is 0.0463. The maximum Gasteiger partial charge on any atom is 0.240 e. The highest BCUT2D eigenvalue weighted by Gasteiger charge is 2.28. The van der Waals surface area contributed by atoms with Crippen molar-refractivity contribution in [2.75, 3.05) is 18.9 Å². The van der Waals surface area contributed by atoms with Gasteiger partial charge in [0.15, 0.2) is 0 Å². The molecule has 0 radical (unpaired) electrons. The second-order valence-electron chi connectivity index (χ2n) is 5.17. The normalized spacial score (nSPS) is 23.1. The molecule has 1 aromatic rings. The van der Waals surface area contributed by atoms with Gasteiger partial charge in [0.1, 0.15) is 5.82 Å². The van der Waals surface area contributed by atoms with E-state index in [2.05, 4.69) is 4.72 Å². The first-order valence-corrected chi connectivity index (χ1v) is 8.08. The number of anilines is 1. The van der Waals surface area contributed by atoms with Crippen LogP contribution in [0.25, 0.3) is 0 Å². The van der Waals surface area contributed by atoms with E-state index < -0.39 is 15.8 Å². The molecule has 112 valence electrons. The van der Waals surface area contributed by atoms with Crippen LogP contribution >= 0.6 is 0 Å². The van der Waals surface area contributed by atoms with Gasteiger partial charge in [-0.05, 0) is 42.9 Å². The monoisotopic (exact) mass is 302 g/mol. The molecule has 0 bridgehead atoms. The summed E-state index contributed by atoms with van der Waals surface area (Å²) in [6, 6.07) is 3.33. The Bertz CT molecular complexity index is 577. The van der Waals surface area contributed by atoms with Gasteiger partial charge in [-0.3, -0.25) is 0 Å². The highest BCUT2D eigenvalue weighted by Crippen LogP contribution is 2.31. The highest BCUT2D eigenvalue weighted by molar-refractivity contribution is 7.89. The van der Waals surface area contributed by atoms with Crippen LogP contribution in [0.3, 0.4) is 0 Å². The van der Waals surface area contributed by atoms with E-state index in [1.165, 1.54) is 6.07 Å². The summed E-state index contributed by atoms with van der Waals surface area (Å²) >= 11 is 0. The number of sulfonamides is 1. The number of hydrogen-bond acceptors (Lipinski definition) is 4. The van der Waals surface area contributed by atoms with E-state index in [0.29, 0.717) is 0 Å². The van der Waals surface area contributed by atoms with Gasteiger partial charge in [-0.15, -0.1) is 0 Å². The van der Waals surface area contributed by atoms with Crippen LogP contribution in [-0.4, -0.2) is 26.7 Å². The molecule has 20 heavy (non-hydrogen) atoms. The lowest BCUT2D eigenvalue weighted by Gasteiger charge is -2.18. The number of halogens is 1. The van der Waals surface area contributed by atoms with Crippen LogP contribution in [0, 0.1) is 17.7 Å². The molecule has 7 heteroatoms. The molecule has 1 aromatic carbocycles. The van der Waals surface area contributed by atoms with E-state index in [0.717, 1.165) is 31.4 Å². The second kappa shape index (κ2) is 6.07. The molecule has 1 aliphatic rings. The van der Waals surface area contributed by atoms with Gasteiger partial charge >= 0.3 is 0 Å². The van der Waals surface area contributed by atoms with Crippen molar-refractivity contribution < 1.29 is 17.9 Å². The van der Waals surface area contributed by atoms with Gasteiger partial charge in [0, 0.05) is 13.2 Å². The van der Waals surface area contributed by atoms with Crippen molar-refractivity contribution in [3.8, 4) is 0 Å². The lowest BCUT2D eigenvalue weighted by Crippen LogP contribution is -2.31. The maximum absolute atomic E-state index is 13.0. The van der Waals surface area contributed by atoms with Crippen LogP contribution in [0.15, 0.2) is 23.1 Å². The van der Waals surface area contributed by atoms with Crippen molar-refractivity contribution in [2.24, 2.45) is 11.8 Å². The number of aliphatic hydroxyl groups is 1. The zero-order chi connectivity index (χ0) is 14.8. The summed E-state index contributed by atoms with van der Waals surface area (Å²) in [7, 11) is -3.70. The topological polar surface area (TPSA) is 92.4 Å². The third kappa shape index (κ3) is 3.28. The van der Waals surface area contributed by atoms with Gasteiger partial charge in [-0.25, -0.2) is 17.5 Å². The molecular weight excluding hydrogens is 283 g/mol. The Morgan fingerprint density at radius 3 is 2.70 bits per heavy atom. The summed E-state index contributed by atoms with van der Waals surface area (Å²) in [6.07, 6.45) is 2.83. The molecule has 0 amide bonds. The van der Waals surface area contributed by atoms with Crippen molar-refractivity contribution in [1.82, 2.24) is 4.72 Å². The van der Waals surface area contributed by atoms with Crippen LogP contribution in [0.2, 0.25) is 0 Å². The summed E-state index contributed by atoms with van der Waals surface area (Å²) in [5.74, 6) is -0.344. The van der Waals surface area contributed by atoms with Gasteiger partial charge in [0.25, 0.3) is 0 Å². The zero-order valence-corrected chi connectivity index (χ0v) is 11.9. The molecule has 0 aliphatic heterocycles. The summed E-state index contributed by atoms with van der Waals surface area (Å²) in [6.45, 7) is 0.362. The third-order valence-electron chi connectivity index (χ3n) is 3.86. The second-order valence-corrected chi connectivity index (χ2v) is 6.94. The van der Waals surface area contributed by atoms with Crippen molar-refractivity contribution in [3.05, 3.63) is 24.0 Å². The van der Waals surface area contributed by atoms with Crippen molar-refractivity contribution in [2.45, 2.75) is 24.2 Å². The fraction of sp³-hybridized carbons (Fsp3) is 0.538. The third-order valence-corrected chi connectivity index (χ3v) is 5.29. The quantitative estimate of drug-likeness (QED) is 0.710. The van der Waals surface area contributed by atoms with Crippen molar-refractivity contribution in [3.63, 3.8) is 0 Å². The molecule has 1 aliphatic carbocycles. The molecule has 2 atom stereocenters. The summed E-state index contributed by atoms with van der Waals surface area (Å²) in [4.78, 5) is -0.0463. The Kier molecular flexibility index (Phi) is 4.62. The number of rotatable bonds is 5. The molecule has 0 spiro atoms. The SMILES string of the molecule is Nc1cc(S(=O)(=O)NCC2CCCC2CO)ccc1F. The molecule has 2 unspecified atom stereocenters. The zero-order valence-electron chi connectivity index (χ0n) is 11.0. The number of hydrogen-bond donors (Lipinski definition) is 3. The highest BCUT2D eigenvalue weighted by atomic mass is 32.2.